The van der Waals surface area contributed by atoms with Crippen molar-refractivity contribution in [3.63, 3.8) is 0 Å². The van der Waals surface area contributed by atoms with E-state index in [2.05, 4.69) is 20.6 Å². The van der Waals surface area contributed by atoms with Gasteiger partial charge in [-0.15, -0.1) is 0 Å². The van der Waals surface area contributed by atoms with E-state index in [1.165, 1.54) is 0 Å². The maximum Gasteiger partial charge on any atom is 0.141 e. The molecule has 0 radical (unpaired) electrons. The summed E-state index contributed by atoms with van der Waals surface area (Å²) in [4.78, 5) is 8.68. The van der Waals surface area contributed by atoms with Crippen LogP contribution in [0.5, 0.6) is 0 Å². The Balaban J connectivity index is 1.87. The number of hydrogen-bond donors (Lipinski definition) is 4. The molecule has 0 bridgehead atoms. The zero-order valence-electron chi connectivity index (χ0n) is 15.3. The Kier molecular flexibility index (Phi) is 6.97. The Morgan fingerprint density at radius 2 is 1.93 bits per heavy atom. The molecular formula is C21H22ClN5O. The number of hydrogen-bond acceptors (Lipinski definition) is 6. The fraction of sp³-hybridized carbons (Fsp3) is 0.143. The molecule has 0 saturated heterocycles. The van der Waals surface area contributed by atoms with Gasteiger partial charge < -0.3 is 16.2 Å². The molecule has 0 aliphatic carbocycles. The fourth-order valence-electron chi connectivity index (χ4n) is 2.68. The first-order chi connectivity index (χ1) is 13.7. The molecule has 0 fully saturated rings. The number of aliphatic imine (C=N–C) groups is 1. The van der Waals surface area contributed by atoms with Crippen molar-refractivity contribution in [2.24, 2.45) is 4.99 Å². The fourth-order valence-corrected chi connectivity index (χ4v) is 2.96. The summed E-state index contributed by atoms with van der Waals surface area (Å²) in [6, 6.07) is 17.5. The van der Waals surface area contributed by atoms with E-state index < -0.39 is 0 Å². The number of nitrogens with two attached hydrogens (primary N) is 1. The maximum absolute atomic E-state index is 8.80. The van der Waals surface area contributed by atoms with Gasteiger partial charge >= 0.3 is 0 Å². The minimum absolute atomic E-state index is 0.0631. The number of aliphatic hydroxyl groups excluding tert-OH is 1. The molecule has 0 aliphatic heterocycles. The van der Waals surface area contributed by atoms with Crippen LogP contribution in [0, 0.1) is 0 Å². The van der Waals surface area contributed by atoms with Crippen LogP contribution in [0.15, 0.2) is 65.8 Å². The molecule has 3 aromatic rings. The lowest BCUT2D eigenvalue weighted by atomic mass is 10.0. The number of nitrogens with zero attached hydrogens (tertiary/aromatic N) is 2. The minimum Gasteiger partial charge on any atom is -0.398 e. The van der Waals surface area contributed by atoms with Gasteiger partial charge in [0.2, 0.25) is 0 Å². The van der Waals surface area contributed by atoms with Crippen LogP contribution in [-0.4, -0.2) is 36.1 Å². The van der Waals surface area contributed by atoms with Crippen LogP contribution in [0.3, 0.4) is 0 Å². The van der Waals surface area contributed by atoms with E-state index >= 15 is 0 Å². The molecule has 0 saturated carbocycles. The van der Waals surface area contributed by atoms with E-state index in [-0.39, 0.29) is 6.61 Å². The van der Waals surface area contributed by atoms with E-state index in [0.29, 0.717) is 35.3 Å². The zero-order valence-corrected chi connectivity index (χ0v) is 16.0. The molecule has 0 atom stereocenters. The maximum atomic E-state index is 8.80. The van der Waals surface area contributed by atoms with Crippen LogP contribution >= 0.6 is 11.6 Å². The van der Waals surface area contributed by atoms with Gasteiger partial charge in [-0.05, 0) is 17.7 Å². The average molecular weight is 396 g/mol. The van der Waals surface area contributed by atoms with Crippen molar-refractivity contribution in [1.29, 1.82) is 0 Å². The molecule has 0 aliphatic rings. The molecule has 0 unspecified atom stereocenters. The van der Waals surface area contributed by atoms with Gasteiger partial charge in [-0.3, -0.25) is 10.3 Å². The number of benzene rings is 2. The average Bonchev–Trinajstić information content (AvgIpc) is 2.72. The van der Waals surface area contributed by atoms with Crippen LogP contribution in [0.4, 0.5) is 17.2 Å². The predicted octanol–water partition coefficient (Wildman–Crippen LogP) is 3.69. The standard InChI is InChI=1S/C21H22ClN5O/c22-20-16(15-5-2-1-3-6-15)7-4-8-19(20)27-21-17(18(23)9-10-26-21)13-25-14-24-11-12-28/h1-10,13,24,28H,11-12,14H2,(H3,23,26,27). The van der Waals surface area contributed by atoms with Crippen LogP contribution < -0.4 is 16.4 Å². The molecule has 28 heavy (non-hydrogen) atoms. The normalized spacial score (nSPS) is 11.1. The Morgan fingerprint density at radius 3 is 2.71 bits per heavy atom. The van der Waals surface area contributed by atoms with Gasteiger partial charge in [0.25, 0.3) is 0 Å². The Morgan fingerprint density at radius 1 is 1.11 bits per heavy atom. The summed E-state index contributed by atoms with van der Waals surface area (Å²) in [5.74, 6) is 0.568. The Bertz CT molecular complexity index is 947. The van der Waals surface area contributed by atoms with Crippen LogP contribution in [0.1, 0.15) is 5.56 Å². The van der Waals surface area contributed by atoms with E-state index in [0.717, 1.165) is 16.8 Å². The molecule has 0 amide bonds. The summed E-state index contributed by atoms with van der Waals surface area (Å²) in [5.41, 5.74) is 10.0. The molecular weight excluding hydrogens is 374 g/mol. The van der Waals surface area contributed by atoms with Gasteiger partial charge in [0, 0.05) is 30.2 Å². The van der Waals surface area contributed by atoms with Crippen LogP contribution in [0.2, 0.25) is 5.02 Å². The highest BCUT2D eigenvalue weighted by Crippen LogP contribution is 2.35. The highest BCUT2D eigenvalue weighted by Gasteiger charge is 2.11. The lowest BCUT2D eigenvalue weighted by molar-refractivity contribution is 0.293. The van der Waals surface area contributed by atoms with Crippen molar-refractivity contribution < 1.29 is 5.11 Å². The SMILES string of the molecule is Nc1ccnc(Nc2cccc(-c3ccccc3)c2Cl)c1C=NCNCCO. The van der Waals surface area contributed by atoms with Crippen molar-refractivity contribution in [3.8, 4) is 11.1 Å². The molecule has 3 rings (SSSR count). The summed E-state index contributed by atoms with van der Waals surface area (Å²) < 4.78 is 0. The molecule has 2 aromatic carbocycles. The number of pyridine rings is 1. The third kappa shape index (κ3) is 4.86. The first-order valence-corrected chi connectivity index (χ1v) is 9.25. The molecule has 1 heterocycles. The molecule has 0 spiro atoms. The Hall–Kier alpha value is -2.93. The van der Waals surface area contributed by atoms with Crippen LogP contribution in [-0.2, 0) is 0 Å². The lowest BCUT2D eigenvalue weighted by Crippen LogP contribution is -2.18. The highest BCUT2D eigenvalue weighted by molar-refractivity contribution is 6.36. The van der Waals surface area contributed by atoms with Gasteiger partial charge in [-0.25, -0.2) is 4.98 Å². The number of aromatic nitrogens is 1. The number of rotatable bonds is 8. The summed E-state index contributed by atoms with van der Waals surface area (Å²) in [5, 5.41) is 15.6. The van der Waals surface area contributed by atoms with E-state index in [1.807, 2.05) is 48.5 Å². The number of anilines is 3. The van der Waals surface area contributed by atoms with E-state index in [4.69, 9.17) is 22.4 Å². The van der Waals surface area contributed by atoms with Gasteiger partial charge in [0.15, 0.2) is 0 Å². The summed E-state index contributed by atoms with van der Waals surface area (Å²) in [7, 11) is 0. The summed E-state index contributed by atoms with van der Waals surface area (Å²) in [6.45, 7) is 0.916. The topological polar surface area (TPSA) is 95.6 Å². The van der Waals surface area contributed by atoms with Crippen molar-refractivity contribution in [2.45, 2.75) is 0 Å². The van der Waals surface area contributed by atoms with Gasteiger partial charge in [0.05, 0.1) is 29.5 Å². The van der Waals surface area contributed by atoms with Crippen LogP contribution in [0.25, 0.3) is 11.1 Å². The second-order valence-electron chi connectivity index (χ2n) is 6.01. The van der Waals surface area contributed by atoms with Gasteiger partial charge in [0.1, 0.15) is 5.82 Å². The van der Waals surface area contributed by atoms with Gasteiger partial charge in [-0.2, -0.15) is 0 Å². The summed E-state index contributed by atoms with van der Waals surface area (Å²) >= 11 is 6.66. The zero-order chi connectivity index (χ0) is 19.8. The number of aliphatic hydroxyl groups is 1. The van der Waals surface area contributed by atoms with E-state index in [1.54, 1.807) is 18.5 Å². The number of nitrogens with one attached hydrogen (secondary N) is 2. The number of halogens is 1. The molecule has 7 heteroatoms. The van der Waals surface area contributed by atoms with E-state index in [9.17, 15) is 0 Å². The molecule has 144 valence electrons. The summed E-state index contributed by atoms with van der Waals surface area (Å²) in [6.07, 6.45) is 3.29. The number of nitrogen functional groups attached to an aromatic ring is 1. The van der Waals surface area contributed by atoms with Crippen molar-refractivity contribution in [1.82, 2.24) is 10.3 Å². The minimum atomic E-state index is 0.0631. The lowest BCUT2D eigenvalue weighted by Gasteiger charge is -2.14. The first kappa shape index (κ1) is 19.8. The largest absolute Gasteiger partial charge is 0.398 e. The second-order valence-corrected chi connectivity index (χ2v) is 6.39. The third-order valence-corrected chi connectivity index (χ3v) is 4.48. The second kappa shape index (κ2) is 9.85. The third-order valence-electron chi connectivity index (χ3n) is 4.07. The first-order valence-electron chi connectivity index (χ1n) is 8.87. The molecule has 5 N–H and O–H groups in total. The predicted molar refractivity (Wildman–Crippen MR) is 116 cm³/mol. The Labute approximate surface area is 169 Å². The van der Waals surface area contributed by atoms with Crippen molar-refractivity contribution in [3.05, 3.63) is 71.4 Å². The van der Waals surface area contributed by atoms with Crippen molar-refractivity contribution in [2.75, 3.05) is 30.9 Å². The quantitative estimate of drug-likeness (QED) is 0.344. The van der Waals surface area contributed by atoms with Crippen molar-refractivity contribution >= 4 is 35.0 Å². The monoisotopic (exact) mass is 395 g/mol. The highest BCUT2D eigenvalue weighted by atomic mass is 35.5. The van der Waals surface area contributed by atoms with Gasteiger partial charge in [-0.1, -0.05) is 54.1 Å². The molecule has 1 aromatic heterocycles. The smallest absolute Gasteiger partial charge is 0.141 e. The molecule has 6 nitrogen and oxygen atoms in total.